The maximum Gasteiger partial charge on any atom is 0.338 e. The second-order valence-electron chi connectivity index (χ2n) is 5.72. The van der Waals surface area contributed by atoms with Crippen LogP contribution in [0.4, 0.5) is 11.4 Å². The van der Waals surface area contributed by atoms with Gasteiger partial charge in [-0.2, -0.15) is 0 Å². The van der Waals surface area contributed by atoms with Crippen LogP contribution in [0.5, 0.6) is 0 Å². The van der Waals surface area contributed by atoms with Gasteiger partial charge >= 0.3 is 5.97 Å². The number of benzene rings is 1. The predicted molar refractivity (Wildman–Crippen MR) is 87.9 cm³/mol. The smallest absolute Gasteiger partial charge is 0.338 e. The van der Waals surface area contributed by atoms with Crippen LogP contribution in [-0.4, -0.2) is 36.5 Å². The highest BCUT2D eigenvalue weighted by molar-refractivity contribution is 5.93. The highest BCUT2D eigenvalue weighted by Gasteiger charge is 2.20. The highest BCUT2D eigenvalue weighted by Crippen LogP contribution is 2.25. The number of nitro groups is 1. The summed E-state index contributed by atoms with van der Waals surface area (Å²) < 4.78 is 4.95. The van der Waals surface area contributed by atoms with E-state index in [1.165, 1.54) is 18.6 Å². The zero-order valence-corrected chi connectivity index (χ0v) is 13.5. The quantitative estimate of drug-likeness (QED) is 0.468. The van der Waals surface area contributed by atoms with Gasteiger partial charge in [0.1, 0.15) is 5.69 Å². The number of carbonyl (C=O) groups is 2. The molecule has 0 bridgehead atoms. The number of hydrogen-bond donors (Lipinski definition) is 2. The van der Waals surface area contributed by atoms with Crippen molar-refractivity contribution in [3.8, 4) is 0 Å². The lowest BCUT2D eigenvalue weighted by Gasteiger charge is -2.22. The molecule has 1 aliphatic carbocycles. The first-order chi connectivity index (χ1) is 11.5. The topological polar surface area (TPSA) is 111 Å². The van der Waals surface area contributed by atoms with E-state index < -0.39 is 17.5 Å². The van der Waals surface area contributed by atoms with Crippen molar-refractivity contribution in [3.05, 3.63) is 33.9 Å². The van der Waals surface area contributed by atoms with E-state index in [0.717, 1.165) is 31.7 Å². The summed E-state index contributed by atoms with van der Waals surface area (Å²) >= 11 is 0. The largest absolute Gasteiger partial charge is 0.452 e. The standard InChI is InChI=1S/C16H21N3O5/c1-17-13-8-7-11(9-14(13)19(22)23)16(21)24-10-15(20)18-12-5-3-2-4-6-12/h7-9,12,17H,2-6,10H2,1H3,(H,18,20). The lowest BCUT2D eigenvalue weighted by molar-refractivity contribution is -0.384. The molecule has 130 valence electrons. The summed E-state index contributed by atoms with van der Waals surface area (Å²) in [5.41, 5.74) is 0.108. The normalized spacial score (nSPS) is 14.7. The van der Waals surface area contributed by atoms with Crippen molar-refractivity contribution in [2.45, 2.75) is 38.1 Å². The first kappa shape index (κ1) is 17.7. The molecule has 0 heterocycles. The summed E-state index contributed by atoms with van der Waals surface area (Å²) in [5.74, 6) is -1.11. The average molecular weight is 335 g/mol. The number of ether oxygens (including phenoxy) is 1. The molecule has 2 N–H and O–H groups in total. The minimum Gasteiger partial charge on any atom is -0.452 e. The third-order valence-electron chi connectivity index (χ3n) is 4.00. The number of nitro benzene ring substituents is 1. The fraction of sp³-hybridized carbons (Fsp3) is 0.500. The van der Waals surface area contributed by atoms with Gasteiger partial charge in [0.05, 0.1) is 10.5 Å². The molecule has 8 nitrogen and oxygen atoms in total. The van der Waals surface area contributed by atoms with E-state index in [-0.39, 0.29) is 23.2 Å². The van der Waals surface area contributed by atoms with Crippen molar-refractivity contribution >= 4 is 23.3 Å². The molecule has 0 spiro atoms. The Morgan fingerprint density at radius 3 is 2.62 bits per heavy atom. The van der Waals surface area contributed by atoms with E-state index in [1.807, 2.05) is 0 Å². The van der Waals surface area contributed by atoms with E-state index >= 15 is 0 Å². The Morgan fingerprint density at radius 1 is 1.29 bits per heavy atom. The molecule has 1 fully saturated rings. The van der Waals surface area contributed by atoms with Gasteiger partial charge in [0.15, 0.2) is 6.61 Å². The summed E-state index contributed by atoms with van der Waals surface area (Å²) in [4.78, 5) is 34.2. The predicted octanol–water partition coefficient (Wildman–Crippen LogP) is 2.24. The number of hydrogen-bond acceptors (Lipinski definition) is 6. The monoisotopic (exact) mass is 335 g/mol. The number of amides is 1. The van der Waals surface area contributed by atoms with E-state index in [2.05, 4.69) is 10.6 Å². The second kappa shape index (κ2) is 8.28. The van der Waals surface area contributed by atoms with Crippen LogP contribution in [0.2, 0.25) is 0 Å². The van der Waals surface area contributed by atoms with E-state index in [9.17, 15) is 19.7 Å². The Hall–Kier alpha value is -2.64. The van der Waals surface area contributed by atoms with Crippen LogP contribution in [-0.2, 0) is 9.53 Å². The van der Waals surface area contributed by atoms with Gasteiger partial charge in [0, 0.05) is 19.2 Å². The summed E-state index contributed by atoms with van der Waals surface area (Å²) in [6.45, 7) is -0.392. The Bertz CT molecular complexity index is 626. The molecule has 1 saturated carbocycles. The van der Waals surface area contributed by atoms with Crippen molar-refractivity contribution in [1.82, 2.24) is 5.32 Å². The van der Waals surface area contributed by atoms with Crippen molar-refractivity contribution in [1.29, 1.82) is 0 Å². The van der Waals surface area contributed by atoms with Gasteiger partial charge in [-0.05, 0) is 25.0 Å². The number of nitrogens with one attached hydrogen (secondary N) is 2. The van der Waals surface area contributed by atoms with Crippen LogP contribution in [0, 0.1) is 10.1 Å². The molecule has 1 aliphatic rings. The fourth-order valence-electron chi connectivity index (χ4n) is 2.75. The lowest BCUT2D eigenvalue weighted by Crippen LogP contribution is -2.38. The first-order valence-corrected chi connectivity index (χ1v) is 7.94. The van der Waals surface area contributed by atoms with Crippen LogP contribution >= 0.6 is 0 Å². The number of rotatable bonds is 6. The maximum atomic E-state index is 12.0. The van der Waals surface area contributed by atoms with Gasteiger partial charge in [0.2, 0.25) is 0 Å². The van der Waals surface area contributed by atoms with Crippen LogP contribution in [0.1, 0.15) is 42.5 Å². The van der Waals surface area contributed by atoms with Gasteiger partial charge in [-0.15, -0.1) is 0 Å². The minimum absolute atomic E-state index is 0.0335. The molecule has 0 radical (unpaired) electrons. The number of anilines is 1. The third kappa shape index (κ3) is 4.68. The van der Waals surface area contributed by atoms with Crippen LogP contribution < -0.4 is 10.6 Å². The molecule has 1 aromatic carbocycles. The molecule has 0 unspecified atom stereocenters. The molecule has 0 aromatic heterocycles. The van der Waals surface area contributed by atoms with Crippen molar-refractivity contribution in [2.24, 2.45) is 0 Å². The fourth-order valence-corrected chi connectivity index (χ4v) is 2.75. The molecule has 0 saturated heterocycles. The molecule has 8 heteroatoms. The molecular weight excluding hydrogens is 314 g/mol. The second-order valence-corrected chi connectivity index (χ2v) is 5.72. The van der Waals surface area contributed by atoms with Crippen molar-refractivity contribution < 1.29 is 19.2 Å². The van der Waals surface area contributed by atoms with Crippen molar-refractivity contribution in [2.75, 3.05) is 19.0 Å². The number of esters is 1. The number of nitrogens with zero attached hydrogens (tertiary/aromatic N) is 1. The molecule has 0 atom stereocenters. The zero-order valence-electron chi connectivity index (χ0n) is 13.5. The van der Waals surface area contributed by atoms with Gasteiger partial charge in [0.25, 0.3) is 11.6 Å². The lowest BCUT2D eigenvalue weighted by atomic mass is 9.95. The molecule has 1 aromatic rings. The van der Waals surface area contributed by atoms with E-state index in [1.54, 1.807) is 7.05 Å². The van der Waals surface area contributed by atoms with Gasteiger partial charge in [-0.25, -0.2) is 4.79 Å². The SMILES string of the molecule is CNc1ccc(C(=O)OCC(=O)NC2CCCCC2)cc1[N+](=O)[O-]. The highest BCUT2D eigenvalue weighted by atomic mass is 16.6. The molecule has 1 amide bonds. The van der Waals surface area contributed by atoms with Gasteiger partial charge in [-0.3, -0.25) is 14.9 Å². The summed E-state index contributed by atoms with van der Waals surface area (Å²) in [6, 6.07) is 4.12. The zero-order chi connectivity index (χ0) is 17.5. The maximum absolute atomic E-state index is 12.0. The molecular formula is C16H21N3O5. The summed E-state index contributed by atoms with van der Waals surface area (Å²) in [6.07, 6.45) is 5.25. The van der Waals surface area contributed by atoms with Crippen LogP contribution in [0.15, 0.2) is 18.2 Å². The van der Waals surface area contributed by atoms with Crippen molar-refractivity contribution in [3.63, 3.8) is 0 Å². The summed E-state index contributed by atoms with van der Waals surface area (Å²) in [7, 11) is 1.55. The van der Waals surface area contributed by atoms with E-state index in [0.29, 0.717) is 5.69 Å². The van der Waals surface area contributed by atoms with Gasteiger partial charge in [-0.1, -0.05) is 19.3 Å². The van der Waals surface area contributed by atoms with Crippen LogP contribution in [0.3, 0.4) is 0 Å². The Labute approximate surface area is 139 Å². The van der Waals surface area contributed by atoms with E-state index in [4.69, 9.17) is 4.74 Å². The average Bonchev–Trinajstić information content (AvgIpc) is 2.59. The Morgan fingerprint density at radius 2 is 2.00 bits per heavy atom. The van der Waals surface area contributed by atoms with Gasteiger partial charge < -0.3 is 15.4 Å². The molecule has 24 heavy (non-hydrogen) atoms. The molecule has 0 aliphatic heterocycles. The minimum atomic E-state index is -0.764. The third-order valence-corrected chi connectivity index (χ3v) is 4.00. The first-order valence-electron chi connectivity index (χ1n) is 7.94. The van der Waals surface area contributed by atoms with Crippen LogP contribution in [0.25, 0.3) is 0 Å². The number of carbonyl (C=O) groups excluding carboxylic acids is 2. The Balaban J connectivity index is 1.91. The summed E-state index contributed by atoms with van der Waals surface area (Å²) in [5, 5.41) is 16.5. The molecule has 2 rings (SSSR count). The Kier molecular flexibility index (Phi) is 6.11.